The molecule has 0 aliphatic carbocycles. The van der Waals surface area contributed by atoms with Gasteiger partial charge in [-0.25, -0.2) is 0 Å². The first kappa shape index (κ1) is 20.6. The molecule has 0 aliphatic heterocycles. The van der Waals surface area contributed by atoms with Gasteiger partial charge in [0, 0.05) is 20.8 Å². The zero-order chi connectivity index (χ0) is 16.3. The van der Waals surface area contributed by atoms with E-state index < -0.39 is 34.4 Å². The Bertz CT molecular complexity index is 400. The van der Waals surface area contributed by atoms with Gasteiger partial charge in [-0.2, -0.15) is 8.42 Å². The van der Waals surface area contributed by atoms with E-state index in [9.17, 15) is 14.4 Å². The SMILES string of the molecule is CC(=O)OCC(COC(C)=O)OC(C)=O.O=S(=O)(O)O. The fraction of sp³-hybridized carbons (Fsp3) is 0.667. The van der Waals surface area contributed by atoms with Crippen LogP contribution < -0.4 is 0 Å². The largest absolute Gasteiger partial charge is 0.462 e. The molecule has 11 heteroatoms. The van der Waals surface area contributed by atoms with Gasteiger partial charge in [-0.3, -0.25) is 23.5 Å². The van der Waals surface area contributed by atoms with Crippen molar-refractivity contribution in [3.63, 3.8) is 0 Å². The molecular weight excluding hydrogens is 300 g/mol. The van der Waals surface area contributed by atoms with Gasteiger partial charge in [0.1, 0.15) is 13.2 Å². The molecule has 2 N–H and O–H groups in total. The molecular formula is C9H16O10S. The van der Waals surface area contributed by atoms with Gasteiger partial charge in [-0.15, -0.1) is 0 Å². The van der Waals surface area contributed by atoms with E-state index in [0.717, 1.165) is 0 Å². The molecule has 118 valence electrons. The smallest absolute Gasteiger partial charge is 0.394 e. The lowest BCUT2D eigenvalue weighted by Gasteiger charge is -2.15. The van der Waals surface area contributed by atoms with Gasteiger partial charge >= 0.3 is 28.3 Å². The van der Waals surface area contributed by atoms with Crippen molar-refractivity contribution in [2.24, 2.45) is 0 Å². The monoisotopic (exact) mass is 316 g/mol. The molecule has 0 radical (unpaired) electrons. The molecule has 0 spiro atoms. The maximum absolute atomic E-state index is 10.6. The third-order valence-electron chi connectivity index (χ3n) is 1.28. The Labute approximate surface area is 115 Å². The summed E-state index contributed by atoms with van der Waals surface area (Å²) in [5.74, 6) is -1.51. The molecule has 0 heterocycles. The molecule has 0 fully saturated rings. The third-order valence-corrected chi connectivity index (χ3v) is 1.28. The average Bonchev–Trinajstić information content (AvgIpc) is 2.18. The Morgan fingerprint density at radius 3 is 1.40 bits per heavy atom. The fourth-order valence-electron chi connectivity index (χ4n) is 0.771. The first-order valence-corrected chi connectivity index (χ1v) is 6.45. The highest BCUT2D eigenvalue weighted by Crippen LogP contribution is 1.97. The van der Waals surface area contributed by atoms with Gasteiger partial charge in [0.2, 0.25) is 0 Å². The topological polar surface area (TPSA) is 153 Å². The Morgan fingerprint density at radius 1 is 0.900 bits per heavy atom. The number of hydrogen-bond acceptors (Lipinski definition) is 8. The van der Waals surface area contributed by atoms with E-state index in [2.05, 4.69) is 9.47 Å². The molecule has 0 aliphatic rings. The maximum atomic E-state index is 10.6. The lowest BCUT2D eigenvalue weighted by atomic mass is 10.4. The van der Waals surface area contributed by atoms with Crippen LogP contribution in [0.5, 0.6) is 0 Å². The van der Waals surface area contributed by atoms with Crippen LogP contribution in [0.15, 0.2) is 0 Å². The molecule has 20 heavy (non-hydrogen) atoms. The van der Waals surface area contributed by atoms with Gasteiger partial charge in [-0.1, -0.05) is 0 Å². The van der Waals surface area contributed by atoms with Crippen LogP contribution in [-0.4, -0.2) is 54.7 Å². The first-order chi connectivity index (χ1) is 8.91. The third kappa shape index (κ3) is 25.2. The van der Waals surface area contributed by atoms with E-state index in [0.29, 0.717) is 0 Å². The van der Waals surface area contributed by atoms with Crippen LogP contribution in [0, 0.1) is 0 Å². The van der Waals surface area contributed by atoms with Crippen molar-refractivity contribution in [2.45, 2.75) is 26.9 Å². The molecule has 0 saturated carbocycles. The number of hydrogen-bond donors (Lipinski definition) is 2. The highest BCUT2D eigenvalue weighted by atomic mass is 32.3. The predicted molar refractivity (Wildman–Crippen MR) is 63.0 cm³/mol. The standard InChI is InChI=1S/C9H14O6.H2O4S/c1-6(10)13-4-9(15-8(3)12)5-14-7(2)11;1-5(2,3)4/h9H,4-5H2,1-3H3;(H2,1,2,3,4). The number of ether oxygens (including phenoxy) is 3. The minimum absolute atomic E-state index is 0.123. The van der Waals surface area contributed by atoms with Crippen LogP contribution in [0.25, 0.3) is 0 Å². The number of carbonyl (C=O) groups is 3. The molecule has 0 saturated heterocycles. The van der Waals surface area contributed by atoms with Gasteiger partial charge in [-0.05, 0) is 0 Å². The molecule has 0 aromatic rings. The average molecular weight is 316 g/mol. The van der Waals surface area contributed by atoms with Gasteiger partial charge in [0.15, 0.2) is 6.10 Å². The Kier molecular flexibility index (Phi) is 10.4. The minimum Gasteiger partial charge on any atom is -0.462 e. The highest BCUT2D eigenvalue weighted by molar-refractivity contribution is 7.79. The lowest BCUT2D eigenvalue weighted by molar-refractivity contribution is -0.163. The molecule has 0 amide bonds. The van der Waals surface area contributed by atoms with E-state index in [1.165, 1.54) is 20.8 Å². The fourth-order valence-corrected chi connectivity index (χ4v) is 0.771. The van der Waals surface area contributed by atoms with E-state index in [1.54, 1.807) is 0 Å². The second kappa shape index (κ2) is 10.1. The van der Waals surface area contributed by atoms with Crippen molar-refractivity contribution >= 4 is 28.3 Å². The molecule has 0 unspecified atom stereocenters. The summed E-state index contributed by atoms with van der Waals surface area (Å²) in [5.41, 5.74) is 0. The zero-order valence-corrected chi connectivity index (χ0v) is 11.9. The summed E-state index contributed by atoms with van der Waals surface area (Å²) in [6, 6.07) is 0. The van der Waals surface area contributed by atoms with Crippen molar-refractivity contribution in [2.75, 3.05) is 13.2 Å². The van der Waals surface area contributed by atoms with Crippen LogP contribution in [0.3, 0.4) is 0 Å². The van der Waals surface area contributed by atoms with Crippen LogP contribution in [0.2, 0.25) is 0 Å². The normalized spacial score (nSPS) is 10.1. The van der Waals surface area contributed by atoms with E-state index in [-0.39, 0.29) is 13.2 Å². The summed E-state index contributed by atoms with van der Waals surface area (Å²) in [4.78, 5) is 31.6. The lowest BCUT2D eigenvalue weighted by Crippen LogP contribution is -2.29. The summed E-state index contributed by atoms with van der Waals surface area (Å²) in [5, 5.41) is 0. The van der Waals surface area contributed by atoms with Gasteiger partial charge in [0.05, 0.1) is 0 Å². The predicted octanol–water partition coefficient (Wildman–Crippen LogP) is -0.608. The quantitative estimate of drug-likeness (QED) is 0.381. The van der Waals surface area contributed by atoms with Crippen LogP contribution in [0.4, 0.5) is 0 Å². The van der Waals surface area contributed by atoms with Crippen molar-refractivity contribution in [1.29, 1.82) is 0 Å². The number of carbonyl (C=O) groups excluding carboxylic acids is 3. The number of rotatable bonds is 5. The van der Waals surface area contributed by atoms with Crippen molar-refractivity contribution < 1.29 is 46.1 Å². The Balaban J connectivity index is 0. The summed E-state index contributed by atoms with van der Waals surface area (Å²) >= 11 is 0. The van der Waals surface area contributed by atoms with E-state index in [1.807, 2.05) is 0 Å². The highest BCUT2D eigenvalue weighted by Gasteiger charge is 2.15. The minimum atomic E-state index is -4.67. The second-order valence-corrected chi connectivity index (χ2v) is 4.18. The summed E-state index contributed by atoms with van der Waals surface area (Å²) in [6.45, 7) is 3.44. The molecule has 0 aromatic heterocycles. The molecule has 0 bridgehead atoms. The molecule has 0 aromatic carbocycles. The van der Waals surface area contributed by atoms with E-state index >= 15 is 0 Å². The van der Waals surface area contributed by atoms with Crippen molar-refractivity contribution in [3.05, 3.63) is 0 Å². The molecule has 0 atom stereocenters. The Hall–Kier alpha value is -1.72. The van der Waals surface area contributed by atoms with Crippen molar-refractivity contribution in [1.82, 2.24) is 0 Å². The summed E-state index contributed by atoms with van der Waals surface area (Å²) < 4.78 is 45.6. The second-order valence-electron chi connectivity index (χ2n) is 3.28. The van der Waals surface area contributed by atoms with Crippen molar-refractivity contribution in [3.8, 4) is 0 Å². The molecule has 0 rings (SSSR count). The van der Waals surface area contributed by atoms with E-state index in [4.69, 9.17) is 22.3 Å². The first-order valence-electron chi connectivity index (χ1n) is 5.05. The van der Waals surface area contributed by atoms with Crippen LogP contribution in [-0.2, 0) is 39.0 Å². The summed E-state index contributed by atoms with van der Waals surface area (Å²) in [6.07, 6.45) is -0.754. The zero-order valence-electron chi connectivity index (χ0n) is 11.1. The van der Waals surface area contributed by atoms with Gasteiger partial charge in [0.25, 0.3) is 0 Å². The van der Waals surface area contributed by atoms with Crippen LogP contribution in [0.1, 0.15) is 20.8 Å². The molecule has 10 nitrogen and oxygen atoms in total. The summed E-state index contributed by atoms with van der Waals surface area (Å²) in [7, 11) is -4.67. The maximum Gasteiger partial charge on any atom is 0.394 e. The van der Waals surface area contributed by atoms with Gasteiger partial charge < -0.3 is 14.2 Å². The Morgan fingerprint density at radius 2 is 1.20 bits per heavy atom. The number of esters is 3. The van der Waals surface area contributed by atoms with Crippen LogP contribution >= 0.6 is 0 Å².